The second kappa shape index (κ2) is 6.29. The molecule has 0 aromatic heterocycles. The van der Waals surface area contributed by atoms with E-state index in [1.807, 2.05) is 32.2 Å². The van der Waals surface area contributed by atoms with E-state index in [0.29, 0.717) is 17.9 Å². The number of nitrogens with one attached hydrogen (secondary N) is 2. The van der Waals surface area contributed by atoms with E-state index in [9.17, 15) is 4.79 Å². The maximum atomic E-state index is 12.3. The van der Waals surface area contributed by atoms with Crippen molar-refractivity contribution in [3.05, 3.63) is 29.3 Å². The van der Waals surface area contributed by atoms with Gasteiger partial charge in [0.05, 0.1) is 0 Å². The number of aryl methyl sites for hydroxylation is 1. The fourth-order valence-corrected chi connectivity index (χ4v) is 3.42. The van der Waals surface area contributed by atoms with Crippen LogP contribution in [0.25, 0.3) is 0 Å². The summed E-state index contributed by atoms with van der Waals surface area (Å²) in [5.41, 5.74) is 2.93. The van der Waals surface area contributed by atoms with Crippen LogP contribution >= 0.6 is 0 Å². The first-order valence-electron chi connectivity index (χ1n) is 7.59. The molecule has 0 aliphatic heterocycles. The van der Waals surface area contributed by atoms with Crippen molar-refractivity contribution in [1.29, 1.82) is 0 Å². The third-order valence-corrected chi connectivity index (χ3v) is 4.27. The van der Waals surface area contributed by atoms with Gasteiger partial charge in [0, 0.05) is 24.3 Å². The fourth-order valence-electron chi connectivity index (χ4n) is 3.42. The zero-order valence-electron chi connectivity index (χ0n) is 13.0. The zero-order valence-corrected chi connectivity index (χ0v) is 13.0. The standard InChI is InChI=1S/C17H26N2O/c1-11-7-12(2)9-15(8-11)19-17(20)14-5-6-16(18-4)13(3)10-14/h5-6,10-12,15,18H,7-9H2,1-4H3,(H,19,20). The van der Waals surface area contributed by atoms with E-state index in [1.165, 1.54) is 6.42 Å². The largest absolute Gasteiger partial charge is 0.388 e. The van der Waals surface area contributed by atoms with Crippen molar-refractivity contribution in [1.82, 2.24) is 5.32 Å². The van der Waals surface area contributed by atoms with Gasteiger partial charge < -0.3 is 10.6 Å². The predicted molar refractivity (Wildman–Crippen MR) is 84.2 cm³/mol. The Hall–Kier alpha value is -1.51. The predicted octanol–water partition coefficient (Wildman–Crippen LogP) is 3.59. The molecule has 0 spiro atoms. The normalized spacial score (nSPS) is 26.1. The van der Waals surface area contributed by atoms with Gasteiger partial charge in [0.1, 0.15) is 0 Å². The van der Waals surface area contributed by atoms with Gasteiger partial charge in [-0.25, -0.2) is 0 Å². The second-order valence-electron chi connectivity index (χ2n) is 6.37. The van der Waals surface area contributed by atoms with Gasteiger partial charge >= 0.3 is 0 Å². The lowest BCUT2D eigenvalue weighted by Crippen LogP contribution is -2.40. The average Bonchev–Trinajstić information content (AvgIpc) is 2.37. The number of carbonyl (C=O) groups is 1. The molecule has 1 aliphatic carbocycles. The third-order valence-electron chi connectivity index (χ3n) is 4.27. The summed E-state index contributed by atoms with van der Waals surface area (Å²) in [6, 6.07) is 6.14. The molecule has 1 fully saturated rings. The molecule has 3 nitrogen and oxygen atoms in total. The molecule has 1 saturated carbocycles. The van der Waals surface area contributed by atoms with Crippen molar-refractivity contribution in [3.8, 4) is 0 Å². The van der Waals surface area contributed by atoms with Crippen molar-refractivity contribution in [2.45, 2.75) is 46.1 Å². The molecule has 2 N–H and O–H groups in total. The molecule has 1 amide bonds. The Kier molecular flexibility index (Phi) is 4.69. The lowest BCUT2D eigenvalue weighted by molar-refractivity contribution is 0.0911. The molecule has 0 saturated heterocycles. The Bertz CT molecular complexity index is 474. The lowest BCUT2D eigenvalue weighted by atomic mass is 9.80. The van der Waals surface area contributed by atoms with E-state index in [-0.39, 0.29) is 5.91 Å². The van der Waals surface area contributed by atoms with E-state index in [2.05, 4.69) is 24.5 Å². The van der Waals surface area contributed by atoms with Crippen LogP contribution in [0.2, 0.25) is 0 Å². The highest BCUT2D eigenvalue weighted by atomic mass is 16.1. The summed E-state index contributed by atoms with van der Waals surface area (Å²) < 4.78 is 0. The molecule has 2 rings (SSSR count). The number of anilines is 1. The van der Waals surface area contributed by atoms with E-state index >= 15 is 0 Å². The number of hydrogen-bond donors (Lipinski definition) is 2. The van der Waals surface area contributed by atoms with Gasteiger partial charge in [-0.05, 0) is 61.8 Å². The van der Waals surface area contributed by atoms with Gasteiger partial charge in [-0.2, -0.15) is 0 Å². The zero-order chi connectivity index (χ0) is 14.7. The van der Waals surface area contributed by atoms with E-state index in [4.69, 9.17) is 0 Å². The van der Waals surface area contributed by atoms with Gasteiger partial charge in [-0.1, -0.05) is 13.8 Å². The van der Waals surface area contributed by atoms with E-state index in [1.54, 1.807) is 0 Å². The maximum Gasteiger partial charge on any atom is 0.251 e. The number of amides is 1. The van der Waals surface area contributed by atoms with Crippen LogP contribution in [-0.4, -0.2) is 19.0 Å². The minimum atomic E-state index is 0.0575. The number of benzene rings is 1. The van der Waals surface area contributed by atoms with Crippen LogP contribution in [-0.2, 0) is 0 Å². The second-order valence-corrected chi connectivity index (χ2v) is 6.37. The molecular formula is C17H26N2O. The Labute approximate surface area is 122 Å². The number of hydrogen-bond acceptors (Lipinski definition) is 2. The SMILES string of the molecule is CNc1ccc(C(=O)NC2CC(C)CC(C)C2)cc1C. The lowest BCUT2D eigenvalue weighted by Gasteiger charge is -2.32. The molecule has 20 heavy (non-hydrogen) atoms. The minimum absolute atomic E-state index is 0.0575. The summed E-state index contributed by atoms with van der Waals surface area (Å²) in [5, 5.41) is 6.32. The smallest absolute Gasteiger partial charge is 0.251 e. The molecule has 110 valence electrons. The summed E-state index contributed by atoms with van der Waals surface area (Å²) in [7, 11) is 1.90. The summed E-state index contributed by atoms with van der Waals surface area (Å²) in [4.78, 5) is 12.3. The van der Waals surface area contributed by atoms with Crippen LogP contribution in [0.1, 0.15) is 49.0 Å². The van der Waals surface area contributed by atoms with Crippen LogP contribution < -0.4 is 10.6 Å². The Morgan fingerprint density at radius 3 is 2.35 bits per heavy atom. The molecule has 1 aromatic rings. The molecule has 2 unspecified atom stereocenters. The van der Waals surface area contributed by atoms with Crippen molar-refractivity contribution in [2.75, 3.05) is 12.4 Å². The first-order chi connectivity index (χ1) is 9.49. The van der Waals surface area contributed by atoms with Crippen molar-refractivity contribution in [2.24, 2.45) is 11.8 Å². The Balaban J connectivity index is 2.02. The van der Waals surface area contributed by atoms with Crippen LogP contribution in [0.15, 0.2) is 18.2 Å². The fraction of sp³-hybridized carbons (Fsp3) is 0.588. The van der Waals surface area contributed by atoms with Crippen LogP contribution in [0, 0.1) is 18.8 Å². The molecular weight excluding hydrogens is 248 g/mol. The number of rotatable bonds is 3. The van der Waals surface area contributed by atoms with Gasteiger partial charge in [0.2, 0.25) is 0 Å². The summed E-state index contributed by atoms with van der Waals surface area (Å²) in [6.07, 6.45) is 3.48. The first kappa shape index (κ1) is 14.9. The van der Waals surface area contributed by atoms with Gasteiger partial charge in [0.15, 0.2) is 0 Å². The maximum absolute atomic E-state index is 12.3. The summed E-state index contributed by atoms with van der Waals surface area (Å²) in [5.74, 6) is 1.47. The van der Waals surface area contributed by atoms with Crippen LogP contribution in [0.3, 0.4) is 0 Å². The molecule has 3 heteroatoms. The van der Waals surface area contributed by atoms with E-state index in [0.717, 1.165) is 29.7 Å². The Morgan fingerprint density at radius 1 is 1.15 bits per heavy atom. The molecule has 0 radical (unpaired) electrons. The highest BCUT2D eigenvalue weighted by Gasteiger charge is 2.25. The molecule has 0 heterocycles. The monoisotopic (exact) mass is 274 g/mol. The van der Waals surface area contributed by atoms with Crippen molar-refractivity contribution in [3.63, 3.8) is 0 Å². The van der Waals surface area contributed by atoms with Crippen LogP contribution in [0.4, 0.5) is 5.69 Å². The topological polar surface area (TPSA) is 41.1 Å². The molecule has 1 aromatic carbocycles. The van der Waals surface area contributed by atoms with Crippen LogP contribution in [0.5, 0.6) is 0 Å². The number of carbonyl (C=O) groups excluding carboxylic acids is 1. The van der Waals surface area contributed by atoms with Gasteiger partial charge in [0.25, 0.3) is 5.91 Å². The van der Waals surface area contributed by atoms with Gasteiger partial charge in [-0.3, -0.25) is 4.79 Å². The van der Waals surface area contributed by atoms with Crippen molar-refractivity contribution >= 4 is 11.6 Å². The first-order valence-corrected chi connectivity index (χ1v) is 7.59. The highest BCUT2D eigenvalue weighted by molar-refractivity contribution is 5.95. The van der Waals surface area contributed by atoms with Gasteiger partial charge in [-0.15, -0.1) is 0 Å². The molecule has 0 bridgehead atoms. The van der Waals surface area contributed by atoms with Crippen molar-refractivity contribution < 1.29 is 4.79 Å². The molecule has 1 aliphatic rings. The summed E-state index contributed by atoms with van der Waals surface area (Å²) >= 11 is 0. The Morgan fingerprint density at radius 2 is 1.80 bits per heavy atom. The quantitative estimate of drug-likeness (QED) is 0.884. The highest BCUT2D eigenvalue weighted by Crippen LogP contribution is 2.28. The molecule has 2 atom stereocenters. The van der Waals surface area contributed by atoms with E-state index < -0.39 is 0 Å². The summed E-state index contributed by atoms with van der Waals surface area (Å²) in [6.45, 7) is 6.58. The third kappa shape index (κ3) is 3.53. The average molecular weight is 274 g/mol. The minimum Gasteiger partial charge on any atom is -0.388 e.